The molecule has 1 amide bonds. The Balaban J connectivity index is 1.76. The largest absolute Gasteiger partial charge is 0.496 e. The molecule has 4 rings (SSSR count). The summed E-state index contributed by atoms with van der Waals surface area (Å²) in [7, 11) is 1.72. The summed E-state index contributed by atoms with van der Waals surface area (Å²) in [5, 5.41) is 3.52. The highest BCUT2D eigenvalue weighted by molar-refractivity contribution is 6.36. The number of hydrogen-bond acceptors (Lipinski definition) is 2. The summed E-state index contributed by atoms with van der Waals surface area (Å²) in [5.74, 6) is 1.40. The third kappa shape index (κ3) is 3.05. The van der Waals surface area contributed by atoms with Crippen molar-refractivity contribution < 1.29 is 9.53 Å². The topological polar surface area (TPSA) is 38.3 Å². The molecule has 128 valence electrons. The van der Waals surface area contributed by atoms with Crippen LogP contribution in [0.2, 0.25) is 5.02 Å². The van der Waals surface area contributed by atoms with Gasteiger partial charge in [-0.15, -0.1) is 0 Å². The monoisotopic (exact) mass is 353 g/mol. The normalized spacial score (nSPS) is 18.5. The van der Waals surface area contributed by atoms with Gasteiger partial charge in [0.15, 0.2) is 0 Å². The molecule has 0 spiro atoms. The van der Waals surface area contributed by atoms with E-state index in [1.54, 1.807) is 13.2 Å². The van der Waals surface area contributed by atoms with Gasteiger partial charge in [0.2, 0.25) is 0 Å². The SMILES string of the molecule is COc1ccc(C=C2C(=O)Nc3ccc(Cl)cc32)cc1C1CCCC1. The molecule has 0 aromatic heterocycles. The Bertz CT molecular complexity index is 866. The Morgan fingerprint density at radius 1 is 1.16 bits per heavy atom. The predicted molar refractivity (Wildman–Crippen MR) is 102 cm³/mol. The average molecular weight is 354 g/mol. The van der Waals surface area contributed by atoms with Crippen LogP contribution in [0, 0.1) is 0 Å². The fraction of sp³-hybridized carbons (Fsp3) is 0.286. The van der Waals surface area contributed by atoms with Crippen molar-refractivity contribution in [3.63, 3.8) is 0 Å². The zero-order valence-electron chi connectivity index (χ0n) is 14.1. The second-order valence-corrected chi connectivity index (χ2v) is 7.12. The van der Waals surface area contributed by atoms with E-state index in [4.69, 9.17) is 16.3 Å². The van der Waals surface area contributed by atoms with Gasteiger partial charge in [-0.05, 0) is 66.3 Å². The highest BCUT2D eigenvalue weighted by atomic mass is 35.5. The average Bonchev–Trinajstić information content (AvgIpc) is 3.24. The Kier molecular flexibility index (Phi) is 4.26. The number of benzene rings is 2. The van der Waals surface area contributed by atoms with Crippen molar-refractivity contribution in [3.8, 4) is 5.75 Å². The number of nitrogens with one attached hydrogen (secondary N) is 1. The molecule has 2 aromatic rings. The van der Waals surface area contributed by atoms with Crippen molar-refractivity contribution in [2.75, 3.05) is 12.4 Å². The summed E-state index contributed by atoms with van der Waals surface area (Å²) < 4.78 is 5.56. The van der Waals surface area contributed by atoms with Crippen molar-refractivity contribution in [1.82, 2.24) is 0 Å². The van der Waals surface area contributed by atoms with Gasteiger partial charge >= 0.3 is 0 Å². The van der Waals surface area contributed by atoms with E-state index in [1.165, 1.54) is 31.2 Å². The van der Waals surface area contributed by atoms with Crippen LogP contribution in [0.5, 0.6) is 5.75 Å². The molecular weight excluding hydrogens is 334 g/mol. The predicted octanol–water partition coefficient (Wildman–Crippen LogP) is 5.50. The number of methoxy groups -OCH3 is 1. The molecule has 1 saturated carbocycles. The fourth-order valence-electron chi connectivity index (χ4n) is 3.87. The molecule has 2 aliphatic rings. The Hall–Kier alpha value is -2.26. The first-order chi connectivity index (χ1) is 12.2. The molecule has 1 aliphatic heterocycles. The number of fused-ring (bicyclic) bond motifs is 1. The maximum Gasteiger partial charge on any atom is 0.256 e. The van der Waals surface area contributed by atoms with Crippen molar-refractivity contribution >= 4 is 34.8 Å². The Labute approximate surface area is 152 Å². The Morgan fingerprint density at radius 2 is 1.96 bits per heavy atom. The molecule has 3 nitrogen and oxygen atoms in total. The summed E-state index contributed by atoms with van der Waals surface area (Å²) in [6.07, 6.45) is 6.89. The first kappa shape index (κ1) is 16.2. The van der Waals surface area contributed by atoms with E-state index < -0.39 is 0 Å². The minimum Gasteiger partial charge on any atom is -0.496 e. The molecule has 1 aliphatic carbocycles. The smallest absolute Gasteiger partial charge is 0.256 e. The highest BCUT2D eigenvalue weighted by Crippen LogP contribution is 2.40. The van der Waals surface area contributed by atoms with E-state index >= 15 is 0 Å². The molecule has 0 saturated heterocycles. The van der Waals surface area contributed by atoms with Crippen LogP contribution in [0.4, 0.5) is 5.69 Å². The van der Waals surface area contributed by atoms with E-state index in [-0.39, 0.29) is 5.91 Å². The van der Waals surface area contributed by atoms with Crippen LogP contribution in [-0.2, 0) is 4.79 Å². The minimum atomic E-state index is -0.0875. The van der Waals surface area contributed by atoms with Crippen LogP contribution in [0.25, 0.3) is 11.6 Å². The zero-order valence-corrected chi connectivity index (χ0v) is 14.9. The van der Waals surface area contributed by atoms with Crippen molar-refractivity contribution in [3.05, 3.63) is 58.1 Å². The van der Waals surface area contributed by atoms with Crippen LogP contribution in [0.1, 0.15) is 48.3 Å². The third-order valence-electron chi connectivity index (χ3n) is 5.12. The van der Waals surface area contributed by atoms with Gasteiger partial charge in [-0.2, -0.15) is 0 Å². The summed E-state index contributed by atoms with van der Waals surface area (Å²) >= 11 is 6.11. The van der Waals surface area contributed by atoms with Gasteiger partial charge in [-0.3, -0.25) is 4.79 Å². The van der Waals surface area contributed by atoms with Crippen molar-refractivity contribution in [2.45, 2.75) is 31.6 Å². The second kappa shape index (κ2) is 6.57. The van der Waals surface area contributed by atoms with Gasteiger partial charge in [-0.1, -0.05) is 30.5 Å². The lowest BCUT2D eigenvalue weighted by Gasteiger charge is -2.15. The van der Waals surface area contributed by atoms with E-state index in [9.17, 15) is 4.79 Å². The number of ether oxygens (including phenoxy) is 1. The Morgan fingerprint density at radius 3 is 2.72 bits per heavy atom. The van der Waals surface area contributed by atoms with Gasteiger partial charge in [0, 0.05) is 21.8 Å². The number of hydrogen-bond donors (Lipinski definition) is 1. The second-order valence-electron chi connectivity index (χ2n) is 6.68. The molecule has 0 bridgehead atoms. The number of carbonyl (C=O) groups is 1. The minimum absolute atomic E-state index is 0.0875. The zero-order chi connectivity index (χ0) is 17.4. The van der Waals surface area contributed by atoms with Crippen LogP contribution < -0.4 is 10.1 Å². The van der Waals surface area contributed by atoms with Crippen LogP contribution in [0.3, 0.4) is 0 Å². The number of amides is 1. The van der Waals surface area contributed by atoms with Gasteiger partial charge in [0.1, 0.15) is 5.75 Å². The van der Waals surface area contributed by atoms with Crippen molar-refractivity contribution in [1.29, 1.82) is 0 Å². The van der Waals surface area contributed by atoms with E-state index in [1.807, 2.05) is 30.3 Å². The molecule has 25 heavy (non-hydrogen) atoms. The lowest BCUT2D eigenvalue weighted by molar-refractivity contribution is -0.110. The van der Waals surface area contributed by atoms with E-state index in [2.05, 4.69) is 11.4 Å². The lowest BCUT2D eigenvalue weighted by Crippen LogP contribution is -2.03. The number of halogens is 1. The maximum atomic E-state index is 12.4. The van der Waals surface area contributed by atoms with Gasteiger partial charge in [-0.25, -0.2) is 0 Å². The summed E-state index contributed by atoms with van der Waals surface area (Å²) in [6, 6.07) is 11.6. The van der Waals surface area contributed by atoms with Crippen LogP contribution >= 0.6 is 11.6 Å². The van der Waals surface area contributed by atoms with Crippen LogP contribution in [0.15, 0.2) is 36.4 Å². The molecule has 0 radical (unpaired) electrons. The van der Waals surface area contributed by atoms with Gasteiger partial charge in [0.05, 0.1) is 7.11 Å². The molecule has 0 unspecified atom stereocenters. The quantitative estimate of drug-likeness (QED) is 0.740. The first-order valence-corrected chi connectivity index (χ1v) is 9.04. The van der Waals surface area contributed by atoms with Crippen LogP contribution in [-0.4, -0.2) is 13.0 Å². The lowest BCUT2D eigenvalue weighted by atomic mass is 9.94. The first-order valence-electron chi connectivity index (χ1n) is 8.66. The van der Waals surface area contributed by atoms with E-state index in [0.717, 1.165) is 22.6 Å². The molecule has 1 heterocycles. The van der Waals surface area contributed by atoms with Gasteiger partial charge < -0.3 is 10.1 Å². The van der Waals surface area contributed by atoms with E-state index in [0.29, 0.717) is 16.5 Å². The molecule has 0 atom stereocenters. The number of carbonyl (C=O) groups excluding carboxylic acids is 1. The summed E-state index contributed by atoms with van der Waals surface area (Å²) in [5.41, 5.74) is 4.58. The number of anilines is 1. The highest BCUT2D eigenvalue weighted by Gasteiger charge is 2.25. The molecular formula is C21H20ClNO2. The number of rotatable bonds is 3. The third-order valence-corrected chi connectivity index (χ3v) is 5.36. The maximum absolute atomic E-state index is 12.4. The molecule has 4 heteroatoms. The standard InChI is InChI=1S/C21H20ClNO2/c1-25-20-9-6-13(10-16(20)14-4-2-3-5-14)11-18-17-12-15(22)7-8-19(17)23-21(18)24/h6-12,14H,2-5H2,1H3,(H,23,24). The van der Waals surface area contributed by atoms with Gasteiger partial charge in [0.25, 0.3) is 5.91 Å². The molecule has 1 fully saturated rings. The summed E-state index contributed by atoms with van der Waals surface area (Å²) in [4.78, 5) is 12.4. The fourth-order valence-corrected chi connectivity index (χ4v) is 4.04. The molecule has 1 N–H and O–H groups in total. The summed E-state index contributed by atoms with van der Waals surface area (Å²) in [6.45, 7) is 0. The van der Waals surface area contributed by atoms with Crippen molar-refractivity contribution in [2.24, 2.45) is 0 Å². The molecule has 2 aromatic carbocycles.